The number of carbonyl (C=O) groups is 2. The number of nitrogen functional groups attached to an aromatic ring is 1. The fraction of sp³-hybridized carbons (Fsp3) is 0.385. The number of hydrogen-bond acceptors (Lipinski definition) is 7. The number of aromatic nitrogens is 3. The predicted molar refractivity (Wildman–Crippen MR) is 140 cm³/mol. The molecule has 3 N–H and O–H groups in total. The molecule has 14 heteroatoms. The number of piperidine rings is 1. The molecule has 4 rings (SSSR count). The number of halogens is 4. The number of nitrogens with two attached hydrogens (primary N) is 1. The van der Waals surface area contributed by atoms with Crippen molar-refractivity contribution in [2.24, 2.45) is 0 Å². The van der Waals surface area contributed by atoms with Gasteiger partial charge in [0, 0.05) is 25.1 Å². The summed E-state index contributed by atoms with van der Waals surface area (Å²) in [5.74, 6) is -0.482. The summed E-state index contributed by atoms with van der Waals surface area (Å²) in [5.41, 5.74) is 4.06. The molecule has 0 spiro atoms. The van der Waals surface area contributed by atoms with Gasteiger partial charge in [0.2, 0.25) is 6.10 Å². The smallest absolute Gasteiger partial charge is 0.418 e. The Bertz CT molecular complexity index is 1420. The van der Waals surface area contributed by atoms with Crippen LogP contribution in [-0.4, -0.2) is 57.5 Å². The molecule has 0 saturated carbocycles. The Hall–Kier alpha value is -4.00. The SMILES string of the molecule is CCOC(=O)[C@@H](Cc1cc(Cl)c(N)c(C(F)(F)F)c1)OC(=O)N1CCC(n2nc(-c3ccccc3)[nH]c2=O)CC1. The number of aromatic amines is 1. The molecule has 1 fully saturated rings. The van der Waals surface area contributed by atoms with Crippen molar-refractivity contribution in [1.82, 2.24) is 19.7 Å². The number of likely N-dealkylation sites (tertiary alicyclic amines) is 1. The van der Waals surface area contributed by atoms with Crippen molar-refractivity contribution in [3.63, 3.8) is 0 Å². The van der Waals surface area contributed by atoms with Crippen LogP contribution in [0, 0.1) is 0 Å². The maximum absolute atomic E-state index is 13.4. The van der Waals surface area contributed by atoms with Crippen molar-refractivity contribution in [2.75, 3.05) is 25.4 Å². The fourth-order valence-electron chi connectivity index (χ4n) is 4.45. The maximum Gasteiger partial charge on any atom is 0.418 e. The molecule has 10 nitrogen and oxygen atoms in total. The van der Waals surface area contributed by atoms with Gasteiger partial charge in [0.25, 0.3) is 0 Å². The first-order chi connectivity index (χ1) is 19.0. The normalized spacial score (nSPS) is 15.1. The molecule has 40 heavy (non-hydrogen) atoms. The monoisotopic (exact) mass is 581 g/mol. The quantitative estimate of drug-likeness (QED) is 0.311. The van der Waals surface area contributed by atoms with Gasteiger partial charge in [0.05, 0.1) is 28.9 Å². The predicted octanol–water partition coefficient (Wildman–Crippen LogP) is 4.44. The van der Waals surface area contributed by atoms with Gasteiger partial charge >= 0.3 is 23.9 Å². The van der Waals surface area contributed by atoms with E-state index in [0.717, 1.165) is 11.6 Å². The van der Waals surface area contributed by atoms with Crippen molar-refractivity contribution in [3.8, 4) is 11.4 Å². The van der Waals surface area contributed by atoms with E-state index in [-0.39, 0.29) is 42.0 Å². The second kappa shape index (κ2) is 12.0. The minimum atomic E-state index is -4.78. The summed E-state index contributed by atoms with van der Waals surface area (Å²) < 4.78 is 51.9. The van der Waals surface area contributed by atoms with E-state index in [0.29, 0.717) is 18.7 Å². The lowest BCUT2D eigenvalue weighted by atomic mass is 10.0. The minimum absolute atomic E-state index is 0.0109. The van der Waals surface area contributed by atoms with Crippen LogP contribution in [0.4, 0.5) is 23.7 Å². The average Bonchev–Trinajstić information content (AvgIpc) is 3.31. The van der Waals surface area contributed by atoms with Crippen LogP contribution in [0.3, 0.4) is 0 Å². The molecule has 2 heterocycles. The van der Waals surface area contributed by atoms with Gasteiger partial charge in [-0.25, -0.2) is 19.1 Å². The first-order valence-corrected chi connectivity index (χ1v) is 12.9. The summed E-state index contributed by atoms with van der Waals surface area (Å²) in [6.07, 6.45) is -6.76. The highest BCUT2D eigenvalue weighted by molar-refractivity contribution is 6.33. The van der Waals surface area contributed by atoms with Crippen LogP contribution < -0.4 is 11.4 Å². The first-order valence-electron chi connectivity index (χ1n) is 12.5. The molecule has 0 bridgehead atoms. The van der Waals surface area contributed by atoms with Gasteiger partial charge in [0.1, 0.15) is 0 Å². The Morgan fingerprint density at radius 1 is 1.20 bits per heavy atom. The summed E-state index contributed by atoms with van der Waals surface area (Å²) in [5, 5.41) is 4.06. The zero-order valence-corrected chi connectivity index (χ0v) is 22.2. The van der Waals surface area contributed by atoms with E-state index in [9.17, 15) is 27.6 Å². The zero-order chi connectivity index (χ0) is 29.0. The summed E-state index contributed by atoms with van der Waals surface area (Å²) >= 11 is 5.90. The molecule has 2 aromatic carbocycles. The number of rotatable bonds is 7. The number of nitrogens with zero attached hydrogens (tertiary/aromatic N) is 3. The van der Waals surface area contributed by atoms with Crippen LogP contribution in [0.1, 0.15) is 36.9 Å². The first kappa shape index (κ1) is 29.0. The number of carbonyl (C=O) groups excluding carboxylic acids is 2. The third-order valence-corrected chi connectivity index (χ3v) is 6.78. The largest absolute Gasteiger partial charge is 0.463 e. The van der Waals surface area contributed by atoms with Crippen LogP contribution in [0.5, 0.6) is 0 Å². The van der Waals surface area contributed by atoms with Crippen molar-refractivity contribution >= 4 is 29.4 Å². The third-order valence-electron chi connectivity index (χ3n) is 6.47. The maximum atomic E-state index is 13.4. The van der Waals surface area contributed by atoms with Gasteiger partial charge in [-0.3, -0.25) is 4.98 Å². The molecule has 1 aliphatic rings. The fourth-order valence-corrected chi connectivity index (χ4v) is 4.69. The summed E-state index contributed by atoms with van der Waals surface area (Å²) in [6.45, 7) is 1.91. The van der Waals surface area contributed by atoms with Crippen LogP contribution in [-0.2, 0) is 26.9 Å². The van der Waals surface area contributed by atoms with Crippen LogP contribution >= 0.6 is 11.6 Å². The second-order valence-corrected chi connectivity index (χ2v) is 9.58. The third kappa shape index (κ3) is 6.58. The van der Waals surface area contributed by atoms with Crippen LogP contribution in [0.25, 0.3) is 11.4 Å². The molecule has 1 amide bonds. The number of nitrogens with one attached hydrogen (secondary N) is 1. The van der Waals surface area contributed by atoms with E-state index >= 15 is 0 Å². The molecule has 0 aliphatic carbocycles. The van der Waals surface area contributed by atoms with Crippen molar-refractivity contribution < 1.29 is 32.2 Å². The lowest BCUT2D eigenvalue weighted by Gasteiger charge is -2.31. The molecule has 1 saturated heterocycles. The molecule has 1 aromatic heterocycles. The number of esters is 1. The van der Waals surface area contributed by atoms with E-state index < -0.39 is 42.0 Å². The molecule has 3 aromatic rings. The number of anilines is 1. The number of benzene rings is 2. The van der Waals surface area contributed by atoms with Gasteiger partial charge in [-0.2, -0.15) is 13.2 Å². The Balaban J connectivity index is 1.43. The number of amides is 1. The van der Waals surface area contributed by atoms with E-state index in [1.54, 1.807) is 6.92 Å². The van der Waals surface area contributed by atoms with Gasteiger partial charge in [-0.05, 0) is 37.5 Å². The van der Waals surface area contributed by atoms with E-state index in [1.807, 2.05) is 30.3 Å². The van der Waals surface area contributed by atoms with Gasteiger partial charge < -0.3 is 20.1 Å². The van der Waals surface area contributed by atoms with Crippen LogP contribution in [0.15, 0.2) is 47.3 Å². The molecule has 1 atom stereocenters. The van der Waals surface area contributed by atoms with Crippen molar-refractivity contribution in [3.05, 3.63) is 69.1 Å². The van der Waals surface area contributed by atoms with Gasteiger partial charge in [0.15, 0.2) is 5.82 Å². The van der Waals surface area contributed by atoms with E-state index in [2.05, 4.69) is 10.1 Å². The lowest BCUT2D eigenvalue weighted by Crippen LogP contribution is -2.43. The van der Waals surface area contributed by atoms with Crippen molar-refractivity contribution in [2.45, 2.75) is 44.5 Å². The highest BCUT2D eigenvalue weighted by atomic mass is 35.5. The number of hydrogen-bond donors (Lipinski definition) is 2. The van der Waals surface area contributed by atoms with Crippen molar-refractivity contribution in [1.29, 1.82) is 0 Å². The molecular weight excluding hydrogens is 555 g/mol. The average molecular weight is 582 g/mol. The zero-order valence-electron chi connectivity index (χ0n) is 21.4. The van der Waals surface area contributed by atoms with E-state index in [1.165, 1.54) is 15.6 Å². The lowest BCUT2D eigenvalue weighted by molar-refractivity contribution is -0.153. The Labute approximate surface area is 231 Å². The molecule has 0 radical (unpaired) electrons. The van der Waals surface area contributed by atoms with E-state index in [4.69, 9.17) is 26.8 Å². The summed E-state index contributed by atoms with van der Waals surface area (Å²) in [7, 11) is 0. The highest BCUT2D eigenvalue weighted by Gasteiger charge is 2.36. The molecule has 214 valence electrons. The topological polar surface area (TPSA) is 133 Å². The number of ether oxygens (including phenoxy) is 2. The number of H-pyrrole nitrogens is 1. The Kier molecular flexibility index (Phi) is 8.72. The Morgan fingerprint density at radius 2 is 1.88 bits per heavy atom. The Morgan fingerprint density at radius 3 is 2.50 bits per heavy atom. The van der Waals surface area contributed by atoms with Gasteiger partial charge in [-0.15, -0.1) is 5.10 Å². The van der Waals surface area contributed by atoms with Gasteiger partial charge in [-0.1, -0.05) is 41.9 Å². The molecule has 0 unspecified atom stereocenters. The highest BCUT2D eigenvalue weighted by Crippen LogP contribution is 2.38. The van der Waals surface area contributed by atoms with Crippen LogP contribution in [0.2, 0.25) is 5.02 Å². The molecule has 1 aliphatic heterocycles. The molecular formula is C26H27ClF3N5O5. The summed E-state index contributed by atoms with van der Waals surface area (Å²) in [4.78, 5) is 42.1. The standard InChI is InChI=1S/C26H27ClF3N5O5/c1-2-39-23(36)20(14-15-12-18(26(28,29)30)21(31)19(27)13-15)40-25(38)34-10-8-17(9-11-34)35-24(37)32-22(33-35)16-6-4-3-5-7-16/h3-7,12-13,17,20H,2,8-11,14,31H2,1H3,(H,32,33,37)/t20-/m1/s1. The number of alkyl halides is 3. The second-order valence-electron chi connectivity index (χ2n) is 9.17. The summed E-state index contributed by atoms with van der Waals surface area (Å²) in [6, 6.07) is 10.8. The minimum Gasteiger partial charge on any atom is -0.463 e.